The van der Waals surface area contributed by atoms with E-state index in [2.05, 4.69) is 5.32 Å². The van der Waals surface area contributed by atoms with Gasteiger partial charge in [-0.3, -0.25) is 14.2 Å². The Morgan fingerprint density at radius 3 is 2.77 bits per heavy atom. The highest BCUT2D eigenvalue weighted by molar-refractivity contribution is 6.09. The number of para-hydroxylation sites is 2. The number of nitrogens with one attached hydrogen (secondary N) is 1. The van der Waals surface area contributed by atoms with Gasteiger partial charge in [0, 0.05) is 5.69 Å². The Morgan fingerprint density at radius 1 is 1.17 bits per heavy atom. The number of hydrogen-bond acceptors (Lipinski definition) is 5. The topological polar surface area (TPSA) is 85.6 Å². The molecule has 3 aromatic rings. The number of aromatic nitrogens is 2. The molecule has 0 aliphatic carbocycles. The van der Waals surface area contributed by atoms with Gasteiger partial charge in [0.2, 0.25) is 11.8 Å². The van der Waals surface area contributed by atoms with E-state index in [-0.39, 0.29) is 11.5 Å². The summed E-state index contributed by atoms with van der Waals surface area (Å²) in [6, 6.07) is 14.5. The normalized spacial score (nSPS) is 28.3. The van der Waals surface area contributed by atoms with Crippen LogP contribution in [-0.2, 0) is 20.5 Å². The van der Waals surface area contributed by atoms with E-state index in [9.17, 15) is 9.59 Å². The molecule has 0 unspecified atom stereocenters. The number of nitrogens with zero attached hydrogens (tertiary/aromatic N) is 3. The van der Waals surface area contributed by atoms with Crippen LogP contribution in [0.15, 0.2) is 58.3 Å². The Bertz CT molecular complexity index is 1340. The number of hydrogen-bond donors (Lipinski definition) is 1. The van der Waals surface area contributed by atoms with Crippen molar-refractivity contribution in [2.24, 2.45) is 4.99 Å². The molecular weight excluding hydrogens is 380 g/mol. The molecule has 4 aliphatic heterocycles. The van der Waals surface area contributed by atoms with Crippen LogP contribution in [0.1, 0.15) is 37.7 Å². The third kappa shape index (κ3) is 1.81. The van der Waals surface area contributed by atoms with Crippen molar-refractivity contribution in [2.45, 2.75) is 37.3 Å². The van der Waals surface area contributed by atoms with Crippen LogP contribution >= 0.6 is 0 Å². The molecule has 0 fully saturated rings. The van der Waals surface area contributed by atoms with E-state index in [4.69, 9.17) is 14.7 Å². The van der Waals surface area contributed by atoms with Crippen molar-refractivity contribution in [1.82, 2.24) is 9.55 Å². The second-order valence-electron chi connectivity index (χ2n) is 8.21. The molecule has 0 saturated carbocycles. The monoisotopic (exact) mass is 400 g/mol. The molecule has 5 heterocycles. The van der Waals surface area contributed by atoms with E-state index in [1.807, 2.05) is 56.3 Å². The molecule has 1 spiro atoms. The summed E-state index contributed by atoms with van der Waals surface area (Å²) >= 11 is 0. The summed E-state index contributed by atoms with van der Waals surface area (Å²) in [7, 11) is 0. The molecule has 0 saturated heterocycles. The third-order valence-electron chi connectivity index (χ3n) is 6.82. The number of fused-ring (bicyclic) bond motifs is 2. The second-order valence-corrected chi connectivity index (χ2v) is 8.21. The first-order valence-electron chi connectivity index (χ1n) is 10.2. The van der Waals surface area contributed by atoms with Crippen LogP contribution in [0.5, 0.6) is 0 Å². The van der Waals surface area contributed by atoms with Crippen LogP contribution in [-0.4, -0.2) is 28.0 Å². The summed E-state index contributed by atoms with van der Waals surface area (Å²) < 4.78 is 7.56. The summed E-state index contributed by atoms with van der Waals surface area (Å²) in [5, 5.41) is 3.59. The Kier molecular flexibility index (Phi) is 3.22. The summed E-state index contributed by atoms with van der Waals surface area (Å²) in [6.45, 7) is 4.23. The average Bonchev–Trinajstić information content (AvgIpc) is 3.03. The third-order valence-corrected chi connectivity index (χ3v) is 6.82. The van der Waals surface area contributed by atoms with E-state index in [1.54, 1.807) is 10.6 Å². The van der Waals surface area contributed by atoms with Crippen LogP contribution in [0.25, 0.3) is 10.9 Å². The van der Waals surface area contributed by atoms with Gasteiger partial charge in [-0.15, -0.1) is 0 Å². The van der Waals surface area contributed by atoms with Gasteiger partial charge in [-0.05, 0) is 44.0 Å². The van der Waals surface area contributed by atoms with Crippen molar-refractivity contribution >= 4 is 28.4 Å². The minimum Gasteiger partial charge on any atom is -0.480 e. The zero-order valence-corrected chi connectivity index (χ0v) is 16.7. The second kappa shape index (κ2) is 5.56. The molecule has 7 rings (SSSR count). The Morgan fingerprint density at radius 2 is 1.93 bits per heavy atom. The number of benzene rings is 2. The predicted molar refractivity (Wildman–Crippen MR) is 113 cm³/mol. The van der Waals surface area contributed by atoms with Gasteiger partial charge >= 0.3 is 0 Å². The van der Waals surface area contributed by atoms with E-state index < -0.39 is 17.0 Å². The first-order chi connectivity index (χ1) is 14.5. The lowest BCUT2D eigenvalue weighted by atomic mass is 9.59. The predicted octanol–water partition coefficient (Wildman–Crippen LogP) is 2.90. The highest BCUT2D eigenvalue weighted by atomic mass is 16.5. The number of amides is 1. The lowest BCUT2D eigenvalue weighted by Gasteiger charge is -2.52. The lowest BCUT2D eigenvalue weighted by Crippen LogP contribution is -2.63. The van der Waals surface area contributed by atoms with E-state index in [0.717, 1.165) is 11.3 Å². The Labute approximate surface area is 172 Å². The maximum atomic E-state index is 13.5. The van der Waals surface area contributed by atoms with Gasteiger partial charge in [0.05, 0.1) is 17.5 Å². The van der Waals surface area contributed by atoms with Crippen molar-refractivity contribution in [2.75, 3.05) is 11.9 Å². The fourth-order valence-electron chi connectivity index (χ4n) is 5.47. The molecule has 7 nitrogen and oxygen atoms in total. The number of carbonyl (C=O) groups is 1. The summed E-state index contributed by atoms with van der Waals surface area (Å²) in [5.74, 6) is 0.899. The summed E-state index contributed by atoms with van der Waals surface area (Å²) in [4.78, 5) is 36.8. The molecule has 0 radical (unpaired) electrons. The maximum absolute atomic E-state index is 13.5. The standard InChI is InChI=1S/C23H20N4O3/c1-3-30-18-17-12-23(14-9-5-7-11-16(14)25-21(23)29)22(2,26-18)20-24-15-10-6-4-8-13(15)19(28)27(17)20/h4-11,17H,3,12H2,1-2H3,(H,25,29)/t17-,22+,23+/m1/s1. The van der Waals surface area contributed by atoms with Crippen LogP contribution in [0.4, 0.5) is 5.69 Å². The van der Waals surface area contributed by atoms with Crippen molar-refractivity contribution < 1.29 is 9.53 Å². The van der Waals surface area contributed by atoms with Crippen LogP contribution in [0.3, 0.4) is 0 Å². The molecule has 4 aliphatic rings. The van der Waals surface area contributed by atoms with Gasteiger partial charge in [0.1, 0.15) is 22.8 Å². The van der Waals surface area contributed by atoms with Gasteiger partial charge in [-0.1, -0.05) is 30.3 Å². The SMILES string of the molecule is CCOC1=N[C@@]2(C)c3nc4ccccc4c(=O)n3[C@@H]1C[C@]21C(=O)Nc2ccccc21. The summed E-state index contributed by atoms with van der Waals surface area (Å²) in [6.07, 6.45) is 0.401. The van der Waals surface area contributed by atoms with Crippen molar-refractivity contribution in [3.8, 4) is 0 Å². The lowest BCUT2D eigenvalue weighted by molar-refractivity contribution is -0.125. The molecule has 7 heteroatoms. The molecule has 1 N–H and O–H groups in total. The molecule has 1 aromatic heterocycles. The number of carbonyl (C=O) groups excluding carboxylic acids is 1. The van der Waals surface area contributed by atoms with Crippen LogP contribution in [0.2, 0.25) is 0 Å². The molecule has 1 amide bonds. The van der Waals surface area contributed by atoms with Gasteiger partial charge in [0.25, 0.3) is 5.56 Å². The number of ether oxygens (including phenoxy) is 1. The zero-order valence-electron chi connectivity index (χ0n) is 16.7. The van der Waals surface area contributed by atoms with Gasteiger partial charge in [-0.25, -0.2) is 9.98 Å². The largest absolute Gasteiger partial charge is 0.480 e. The zero-order chi connectivity index (χ0) is 20.7. The minimum atomic E-state index is -1.08. The Balaban J connectivity index is 1.73. The van der Waals surface area contributed by atoms with Gasteiger partial charge in [0.15, 0.2) is 0 Å². The highest BCUT2D eigenvalue weighted by Gasteiger charge is 2.68. The van der Waals surface area contributed by atoms with Crippen molar-refractivity contribution in [3.05, 3.63) is 70.3 Å². The Hall–Kier alpha value is -3.48. The van der Waals surface area contributed by atoms with Crippen molar-refractivity contribution in [1.29, 1.82) is 0 Å². The molecular formula is C23H20N4O3. The van der Waals surface area contributed by atoms with E-state index in [0.29, 0.717) is 35.7 Å². The summed E-state index contributed by atoms with van der Waals surface area (Å²) in [5.41, 5.74) is 0.149. The molecule has 2 bridgehead atoms. The van der Waals surface area contributed by atoms with Gasteiger partial charge < -0.3 is 10.1 Å². The quantitative estimate of drug-likeness (QED) is 0.681. The van der Waals surface area contributed by atoms with Crippen molar-refractivity contribution in [3.63, 3.8) is 0 Å². The number of aliphatic imine (C=N–C) groups is 1. The fourth-order valence-corrected chi connectivity index (χ4v) is 5.47. The minimum absolute atomic E-state index is 0.107. The van der Waals surface area contributed by atoms with Crippen LogP contribution in [0, 0.1) is 0 Å². The van der Waals surface area contributed by atoms with E-state index >= 15 is 0 Å². The smallest absolute Gasteiger partial charge is 0.262 e. The number of rotatable bonds is 1. The average molecular weight is 400 g/mol. The van der Waals surface area contributed by atoms with Crippen LogP contribution < -0.4 is 10.9 Å². The fraction of sp³-hybridized carbons (Fsp3) is 0.304. The molecule has 3 atom stereocenters. The van der Waals surface area contributed by atoms with E-state index in [1.165, 1.54) is 0 Å². The molecule has 150 valence electrons. The first kappa shape index (κ1) is 17.4. The highest BCUT2D eigenvalue weighted by Crippen LogP contribution is 2.60. The first-order valence-corrected chi connectivity index (χ1v) is 10.2. The number of anilines is 1. The molecule has 2 aromatic carbocycles. The van der Waals surface area contributed by atoms with Gasteiger partial charge in [-0.2, -0.15) is 0 Å². The molecule has 30 heavy (non-hydrogen) atoms. The maximum Gasteiger partial charge on any atom is 0.262 e.